The van der Waals surface area contributed by atoms with Gasteiger partial charge in [-0.2, -0.15) is 0 Å². The first kappa shape index (κ1) is 8.62. The van der Waals surface area contributed by atoms with Crippen LogP contribution in [0.15, 0.2) is 30.3 Å². The summed E-state index contributed by atoms with van der Waals surface area (Å²) < 4.78 is 35.7. The van der Waals surface area contributed by atoms with Gasteiger partial charge in [0.15, 0.2) is 0 Å². The Morgan fingerprint density at radius 1 is 1.00 bits per heavy atom. The van der Waals surface area contributed by atoms with Gasteiger partial charge in [0.25, 0.3) is 0 Å². The molecule has 0 saturated carbocycles. The summed E-state index contributed by atoms with van der Waals surface area (Å²) >= 11 is -1.39. The van der Waals surface area contributed by atoms with Crippen LogP contribution in [0.25, 0.3) is 0 Å². The quantitative estimate of drug-likeness (QED) is 0.634. The normalized spacial score (nSPS) is 11.5. The summed E-state index contributed by atoms with van der Waals surface area (Å²) in [5.41, 5.74) is 0. The molecule has 1 rings (SSSR count). The summed E-state index contributed by atoms with van der Waals surface area (Å²) in [6.45, 7) is 0. The summed E-state index contributed by atoms with van der Waals surface area (Å²) in [6, 6.07) is 7.92. The maximum atomic E-state index is 11.8. The van der Waals surface area contributed by atoms with Crippen molar-refractivity contribution in [2.75, 3.05) is 0 Å². The van der Waals surface area contributed by atoms with Gasteiger partial charge in [0.1, 0.15) is 0 Å². The molecule has 0 nitrogen and oxygen atoms in total. The Hall–Kier alpha value is -0.471. The Morgan fingerprint density at radius 2 is 1.55 bits per heavy atom. The van der Waals surface area contributed by atoms with Crippen molar-refractivity contribution in [3.05, 3.63) is 30.3 Å². The van der Waals surface area contributed by atoms with Crippen molar-refractivity contribution in [2.45, 2.75) is 5.07 Å². The van der Waals surface area contributed by atoms with Gasteiger partial charge < -0.3 is 0 Å². The van der Waals surface area contributed by atoms with Gasteiger partial charge in [-0.05, 0) is 0 Å². The molecule has 0 aliphatic heterocycles. The Morgan fingerprint density at radius 3 is 2.00 bits per heavy atom. The molecule has 0 atom stereocenters. The van der Waals surface area contributed by atoms with Gasteiger partial charge in [0, 0.05) is 0 Å². The molecule has 0 heterocycles. The van der Waals surface area contributed by atoms with E-state index in [-0.39, 0.29) is 0 Å². The third-order valence-electron chi connectivity index (χ3n) is 0.977. The van der Waals surface area contributed by atoms with Crippen LogP contribution in [-0.4, -0.2) is 20.0 Å². The number of hydrogen-bond acceptors (Lipinski definition) is 0. The van der Waals surface area contributed by atoms with Crippen LogP contribution in [0.5, 0.6) is 0 Å². The van der Waals surface area contributed by atoms with Crippen LogP contribution in [0, 0.1) is 0 Å². The van der Waals surface area contributed by atoms with Gasteiger partial charge in [-0.3, -0.25) is 0 Å². The number of hydrogen-bond donors (Lipinski definition) is 0. The first-order valence-electron chi connectivity index (χ1n) is 2.89. The van der Waals surface area contributed by atoms with Crippen LogP contribution in [0.4, 0.5) is 13.2 Å². The minimum atomic E-state index is -4.03. The average Bonchev–Trinajstić information content (AvgIpc) is 1.85. The summed E-state index contributed by atoms with van der Waals surface area (Å²) in [7, 11) is 0. The van der Waals surface area contributed by atoms with Crippen molar-refractivity contribution in [3.63, 3.8) is 0 Å². The van der Waals surface area contributed by atoms with E-state index in [9.17, 15) is 13.2 Å². The van der Waals surface area contributed by atoms with E-state index in [0.717, 1.165) is 0 Å². The molecule has 0 fully saturated rings. The van der Waals surface area contributed by atoms with Gasteiger partial charge in [-0.25, -0.2) is 0 Å². The molecule has 11 heavy (non-hydrogen) atoms. The van der Waals surface area contributed by atoms with E-state index in [0.29, 0.717) is 4.46 Å². The van der Waals surface area contributed by atoms with E-state index in [2.05, 4.69) is 0 Å². The van der Waals surface area contributed by atoms with Crippen molar-refractivity contribution < 1.29 is 13.2 Å². The standard InChI is InChI=1S/C7H5F3Se/c8-7(9,10)11-6-4-2-1-3-5-6/h1-5H/i8-1. The molecule has 0 unspecified atom stereocenters. The zero-order chi connectivity index (χ0) is 8.32. The van der Waals surface area contributed by atoms with Crippen molar-refractivity contribution in [1.29, 1.82) is 0 Å². The number of benzene rings is 1. The van der Waals surface area contributed by atoms with Crippen molar-refractivity contribution in [3.8, 4) is 0 Å². The molecule has 0 aliphatic carbocycles. The zero-order valence-electron chi connectivity index (χ0n) is 5.43. The molecular formula is C7H5F3Se. The fraction of sp³-hybridized carbons (Fsp3) is 0.143. The molecular weight excluding hydrogens is 219 g/mol. The minimum absolute atomic E-state index is 0.368. The van der Waals surface area contributed by atoms with E-state index >= 15 is 0 Å². The molecule has 0 saturated heterocycles. The molecule has 1 aromatic rings. The maximum absolute atomic E-state index is 11.8. The molecule has 0 radical (unpaired) electrons. The zero-order valence-corrected chi connectivity index (χ0v) is 7.14. The summed E-state index contributed by atoms with van der Waals surface area (Å²) in [4.78, 5) is 0. The fourth-order valence-electron chi connectivity index (χ4n) is 0.622. The Bertz CT molecular complexity index is 217. The molecule has 1 aromatic carbocycles. The van der Waals surface area contributed by atoms with E-state index < -0.39 is 20.0 Å². The molecule has 60 valence electrons. The molecule has 0 aromatic heterocycles. The predicted octanol–water partition coefficient (Wildman–Crippen LogP) is 1.54. The molecule has 0 spiro atoms. The van der Waals surface area contributed by atoms with Crippen LogP contribution < -0.4 is 4.46 Å². The van der Waals surface area contributed by atoms with Crippen LogP contribution in [0.3, 0.4) is 0 Å². The van der Waals surface area contributed by atoms with Crippen LogP contribution in [-0.2, 0) is 0 Å². The van der Waals surface area contributed by atoms with Gasteiger partial charge >= 0.3 is 68.0 Å². The van der Waals surface area contributed by atoms with Gasteiger partial charge in [0.05, 0.1) is 0 Å². The summed E-state index contributed by atoms with van der Waals surface area (Å²) in [6.07, 6.45) is 0. The topological polar surface area (TPSA) is 0 Å². The third kappa shape index (κ3) is 3.44. The van der Waals surface area contributed by atoms with E-state index in [1.165, 1.54) is 12.1 Å². The van der Waals surface area contributed by atoms with Gasteiger partial charge in [0.2, 0.25) is 0 Å². The third-order valence-corrected chi connectivity index (χ3v) is 2.53. The first-order chi connectivity index (χ1) is 5.08. The van der Waals surface area contributed by atoms with Crippen molar-refractivity contribution >= 4 is 19.4 Å². The molecule has 0 N–H and O–H groups in total. The second kappa shape index (κ2) is 3.28. The second-order valence-corrected chi connectivity index (χ2v) is 4.25. The fourth-order valence-corrected chi connectivity index (χ4v) is 1.80. The van der Waals surface area contributed by atoms with Gasteiger partial charge in [-0.15, -0.1) is 0 Å². The van der Waals surface area contributed by atoms with Gasteiger partial charge in [-0.1, -0.05) is 0 Å². The summed E-state index contributed by atoms with van der Waals surface area (Å²) in [5.74, 6) is 0. The first-order valence-corrected chi connectivity index (χ1v) is 4.60. The second-order valence-electron chi connectivity index (χ2n) is 1.86. The Labute approximate surface area is 68.6 Å². The average molecular weight is 224 g/mol. The van der Waals surface area contributed by atoms with Crippen LogP contribution in [0.2, 0.25) is 0 Å². The number of halogens is 3. The van der Waals surface area contributed by atoms with E-state index in [1.807, 2.05) is 0 Å². The van der Waals surface area contributed by atoms with Crippen molar-refractivity contribution in [1.82, 2.24) is 0 Å². The SMILES string of the molecule is FC(F)([18F])[Se]c1ccccc1. The molecule has 0 bridgehead atoms. The monoisotopic (exact) mass is 225 g/mol. The Balaban J connectivity index is 2.66. The van der Waals surface area contributed by atoms with Crippen LogP contribution >= 0.6 is 0 Å². The predicted molar refractivity (Wildman–Crippen MR) is 37.9 cm³/mol. The Kier molecular flexibility index (Phi) is 2.57. The van der Waals surface area contributed by atoms with Crippen molar-refractivity contribution in [2.24, 2.45) is 0 Å². The molecule has 0 aliphatic rings. The van der Waals surface area contributed by atoms with Crippen LogP contribution in [0.1, 0.15) is 0 Å². The molecule has 0 amide bonds. The molecule has 4 heteroatoms. The van der Waals surface area contributed by atoms with E-state index in [1.54, 1.807) is 18.2 Å². The summed E-state index contributed by atoms with van der Waals surface area (Å²) in [5, 5.41) is -4.03. The number of rotatable bonds is 1. The van der Waals surface area contributed by atoms with E-state index in [4.69, 9.17) is 0 Å². The number of alkyl halides is 3.